The summed E-state index contributed by atoms with van der Waals surface area (Å²) in [6, 6.07) is 5.49. The Bertz CT molecular complexity index is 696. The standard InChI is InChI=1S/C16H18N2O3/c1-9-5-10(2)11(3)14(6-9)21-15-7-12(16(19)20-4)13(17)8-18-15/h5-8H,17H2,1-4H3. The largest absolute Gasteiger partial charge is 0.465 e. The number of pyridine rings is 1. The molecule has 1 aromatic heterocycles. The number of benzene rings is 1. The lowest BCUT2D eigenvalue weighted by Crippen LogP contribution is -2.06. The Hall–Kier alpha value is -2.56. The van der Waals surface area contributed by atoms with Crippen LogP contribution in [0.15, 0.2) is 24.4 Å². The van der Waals surface area contributed by atoms with Crippen molar-refractivity contribution in [2.75, 3.05) is 12.8 Å². The maximum Gasteiger partial charge on any atom is 0.340 e. The maximum atomic E-state index is 11.6. The first-order chi connectivity index (χ1) is 9.92. The highest BCUT2D eigenvalue weighted by molar-refractivity contribution is 5.95. The first kappa shape index (κ1) is 14.8. The summed E-state index contributed by atoms with van der Waals surface area (Å²) in [6.07, 6.45) is 1.39. The molecule has 0 spiro atoms. The molecule has 5 heteroatoms. The second-order valence-electron chi connectivity index (χ2n) is 4.91. The maximum absolute atomic E-state index is 11.6. The first-order valence-corrected chi connectivity index (χ1v) is 6.52. The van der Waals surface area contributed by atoms with E-state index in [1.54, 1.807) is 0 Å². The fourth-order valence-electron chi connectivity index (χ4n) is 2.01. The molecule has 0 amide bonds. The lowest BCUT2D eigenvalue weighted by atomic mass is 10.1. The second-order valence-corrected chi connectivity index (χ2v) is 4.91. The molecule has 0 aliphatic heterocycles. The Kier molecular flexibility index (Phi) is 4.12. The summed E-state index contributed by atoms with van der Waals surface area (Å²) >= 11 is 0. The lowest BCUT2D eigenvalue weighted by Gasteiger charge is -2.12. The molecule has 0 saturated heterocycles. The van der Waals surface area contributed by atoms with Crippen LogP contribution >= 0.6 is 0 Å². The van der Waals surface area contributed by atoms with Gasteiger partial charge in [-0.3, -0.25) is 0 Å². The predicted molar refractivity (Wildman–Crippen MR) is 80.7 cm³/mol. The Morgan fingerprint density at radius 3 is 2.57 bits per heavy atom. The van der Waals surface area contributed by atoms with Crippen molar-refractivity contribution in [1.29, 1.82) is 0 Å². The van der Waals surface area contributed by atoms with E-state index in [1.165, 1.54) is 19.4 Å². The number of ether oxygens (including phenoxy) is 2. The summed E-state index contributed by atoms with van der Waals surface area (Å²) in [6.45, 7) is 5.99. The highest BCUT2D eigenvalue weighted by Crippen LogP contribution is 2.28. The minimum atomic E-state index is -0.517. The van der Waals surface area contributed by atoms with E-state index in [9.17, 15) is 4.79 Å². The normalized spacial score (nSPS) is 10.3. The molecule has 1 aromatic carbocycles. The van der Waals surface area contributed by atoms with Gasteiger partial charge in [-0.2, -0.15) is 0 Å². The van der Waals surface area contributed by atoms with Gasteiger partial charge in [0.25, 0.3) is 0 Å². The van der Waals surface area contributed by atoms with E-state index in [-0.39, 0.29) is 11.3 Å². The Morgan fingerprint density at radius 1 is 1.19 bits per heavy atom. The van der Waals surface area contributed by atoms with Crippen LogP contribution in [0.2, 0.25) is 0 Å². The van der Waals surface area contributed by atoms with Crippen LogP contribution in [-0.4, -0.2) is 18.1 Å². The molecule has 0 saturated carbocycles. The zero-order chi connectivity index (χ0) is 15.6. The van der Waals surface area contributed by atoms with Crippen molar-refractivity contribution < 1.29 is 14.3 Å². The van der Waals surface area contributed by atoms with Gasteiger partial charge in [-0.25, -0.2) is 9.78 Å². The van der Waals surface area contributed by atoms with Gasteiger partial charge in [0.05, 0.1) is 24.6 Å². The van der Waals surface area contributed by atoms with Crippen molar-refractivity contribution in [3.63, 3.8) is 0 Å². The van der Waals surface area contributed by atoms with Gasteiger partial charge in [-0.15, -0.1) is 0 Å². The molecule has 110 valence electrons. The number of rotatable bonds is 3. The average molecular weight is 286 g/mol. The van der Waals surface area contributed by atoms with Gasteiger partial charge < -0.3 is 15.2 Å². The minimum Gasteiger partial charge on any atom is -0.465 e. The number of methoxy groups -OCH3 is 1. The third-order valence-corrected chi connectivity index (χ3v) is 3.29. The van der Waals surface area contributed by atoms with Crippen molar-refractivity contribution in [3.8, 4) is 11.6 Å². The van der Waals surface area contributed by atoms with Crippen molar-refractivity contribution in [3.05, 3.63) is 46.6 Å². The molecule has 0 bridgehead atoms. The summed E-state index contributed by atoms with van der Waals surface area (Å²) < 4.78 is 10.5. The molecule has 2 rings (SSSR count). The van der Waals surface area contributed by atoms with Crippen molar-refractivity contribution in [2.45, 2.75) is 20.8 Å². The average Bonchev–Trinajstić information content (AvgIpc) is 2.45. The van der Waals surface area contributed by atoms with E-state index >= 15 is 0 Å². The molecule has 2 aromatic rings. The number of nitrogen functional groups attached to an aromatic ring is 1. The molecule has 21 heavy (non-hydrogen) atoms. The Morgan fingerprint density at radius 2 is 1.90 bits per heavy atom. The molecular weight excluding hydrogens is 268 g/mol. The Balaban J connectivity index is 2.39. The second kappa shape index (κ2) is 5.83. The number of nitrogens with zero attached hydrogens (tertiary/aromatic N) is 1. The zero-order valence-corrected chi connectivity index (χ0v) is 12.6. The van der Waals surface area contributed by atoms with Crippen LogP contribution in [0.4, 0.5) is 5.69 Å². The van der Waals surface area contributed by atoms with E-state index in [0.717, 1.165) is 16.7 Å². The van der Waals surface area contributed by atoms with Crippen LogP contribution < -0.4 is 10.5 Å². The lowest BCUT2D eigenvalue weighted by molar-refractivity contribution is 0.0601. The summed E-state index contributed by atoms with van der Waals surface area (Å²) in [7, 11) is 1.30. The quantitative estimate of drug-likeness (QED) is 0.877. The van der Waals surface area contributed by atoms with Gasteiger partial charge in [0, 0.05) is 6.07 Å². The Labute approximate surface area is 123 Å². The van der Waals surface area contributed by atoms with Crippen LogP contribution in [-0.2, 0) is 4.74 Å². The van der Waals surface area contributed by atoms with Gasteiger partial charge >= 0.3 is 5.97 Å². The number of hydrogen-bond donors (Lipinski definition) is 1. The van der Waals surface area contributed by atoms with Gasteiger partial charge in [0.2, 0.25) is 5.88 Å². The number of nitrogens with two attached hydrogens (primary N) is 1. The fourth-order valence-corrected chi connectivity index (χ4v) is 2.01. The monoisotopic (exact) mass is 286 g/mol. The van der Waals surface area contributed by atoms with Crippen LogP contribution in [0, 0.1) is 20.8 Å². The van der Waals surface area contributed by atoms with E-state index in [4.69, 9.17) is 10.5 Å². The van der Waals surface area contributed by atoms with Crippen LogP contribution in [0.1, 0.15) is 27.0 Å². The first-order valence-electron chi connectivity index (χ1n) is 6.52. The number of carbonyl (C=O) groups excluding carboxylic acids is 1. The number of aromatic nitrogens is 1. The number of anilines is 1. The molecule has 0 unspecified atom stereocenters. The van der Waals surface area contributed by atoms with E-state index in [0.29, 0.717) is 11.6 Å². The number of aryl methyl sites for hydroxylation is 2. The third kappa shape index (κ3) is 3.13. The summed E-state index contributed by atoms with van der Waals surface area (Å²) in [5.74, 6) is 0.496. The molecule has 0 fully saturated rings. The van der Waals surface area contributed by atoms with E-state index < -0.39 is 5.97 Å². The molecule has 0 aliphatic rings. The number of esters is 1. The fraction of sp³-hybridized carbons (Fsp3) is 0.250. The number of carbonyl (C=O) groups is 1. The zero-order valence-electron chi connectivity index (χ0n) is 12.6. The molecule has 1 heterocycles. The van der Waals surface area contributed by atoms with Gasteiger partial charge in [-0.1, -0.05) is 6.07 Å². The van der Waals surface area contributed by atoms with Crippen molar-refractivity contribution in [2.24, 2.45) is 0 Å². The SMILES string of the molecule is COC(=O)c1cc(Oc2cc(C)cc(C)c2C)ncc1N. The highest BCUT2D eigenvalue weighted by atomic mass is 16.5. The number of hydrogen-bond acceptors (Lipinski definition) is 5. The van der Waals surface area contributed by atoms with Gasteiger partial charge in [0.15, 0.2) is 0 Å². The molecule has 5 nitrogen and oxygen atoms in total. The molecule has 0 radical (unpaired) electrons. The summed E-state index contributed by atoms with van der Waals surface area (Å²) in [5, 5.41) is 0. The molecule has 2 N–H and O–H groups in total. The molecule has 0 aliphatic carbocycles. The van der Waals surface area contributed by atoms with Crippen LogP contribution in [0.3, 0.4) is 0 Å². The molecular formula is C16H18N2O3. The van der Waals surface area contributed by atoms with Gasteiger partial charge in [0.1, 0.15) is 5.75 Å². The van der Waals surface area contributed by atoms with E-state index in [1.807, 2.05) is 26.8 Å². The third-order valence-electron chi connectivity index (χ3n) is 3.29. The minimum absolute atomic E-state index is 0.240. The smallest absolute Gasteiger partial charge is 0.340 e. The van der Waals surface area contributed by atoms with Crippen LogP contribution in [0.25, 0.3) is 0 Å². The van der Waals surface area contributed by atoms with Gasteiger partial charge in [-0.05, 0) is 43.5 Å². The van der Waals surface area contributed by atoms with Crippen molar-refractivity contribution in [1.82, 2.24) is 4.98 Å². The molecule has 0 atom stereocenters. The highest BCUT2D eigenvalue weighted by Gasteiger charge is 2.13. The van der Waals surface area contributed by atoms with Crippen molar-refractivity contribution >= 4 is 11.7 Å². The topological polar surface area (TPSA) is 74.4 Å². The van der Waals surface area contributed by atoms with E-state index in [2.05, 4.69) is 15.8 Å². The summed E-state index contributed by atoms with van der Waals surface area (Å²) in [4.78, 5) is 15.7. The predicted octanol–water partition coefficient (Wildman–Crippen LogP) is 3.17. The summed E-state index contributed by atoms with van der Waals surface area (Å²) in [5.41, 5.74) is 9.47. The van der Waals surface area contributed by atoms with Crippen LogP contribution in [0.5, 0.6) is 11.6 Å².